The van der Waals surface area contributed by atoms with Crippen molar-refractivity contribution in [2.45, 2.75) is 52.1 Å². The van der Waals surface area contributed by atoms with Crippen LogP contribution in [0.15, 0.2) is 0 Å². The summed E-state index contributed by atoms with van der Waals surface area (Å²) in [6.45, 7) is 6.02. The Balaban J connectivity index is 4.58. The fraction of sp³-hybridized carbons (Fsp3) is 0.846. The van der Waals surface area contributed by atoms with Gasteiger partial charge < -0.3 is 16.0 Å². The molecule has 0 bridgehead atoms. The van der Waals surface area contributed by atoms with E-state index < -0.39 is 12.1 Å². The van der Waals surface area contributed by atoms with Gasteiger partial charge >= 0.3 is 0 Å². The minimum Gasteiger partial charge on any atom is -0.347 e. The molecule has 18 heavy (non-hydrogen) atoms. The fourth-order valence-electron chi connectivity index (χ4n) is 1.73. The maximum Gasteiger partial charge on any atom is 0.244 e. The van der Waals surface area contributed by atoms with E-state index in [1.54, 1.807) is 14.1 Å². The zero-order valence-electron chi connectivity index (χ0n) is 12.2. The predicted octanol–water partition coefficient (Wildman–Crippen LogP) is 0.733. The van der Waals surface area contributed by atoms with Crippen molar-refractivity contribution in [3.63, 3.8) is 0 Å². The molecule has 2 atom stereocenters. The number of hydrogen-bond acceptors (Lipinski definition) is 3. The van der Waals surface area contributed by atoms with E-state index in [0.717, 1.165) is 6.42 Å². The van der Waals surface area contributed by atoms with Crippen LogP contribution in [0, 0.1) is 5.92 Å². The number of hydrogen-bond donors (Lipinski definition) is 2. The Morgan fingerprint density at radius 1 is 1.28 bits per heavy atom. The van der Waals surface area contributed by atoms with Crippen LogP contribution >= 0.6 is 0 Å². The van der Waals surface area contributed by atoms with Gasteiger partial charge in [0, 0.05) is 14.1 Å². The Morgan fingerprint density at radius 2 is 1.83 bits per heavy atom. The van der Waals surface area contributed by atoms with Gasteiger partial charge in [-0.15, -0.1) is 0 Å². The minimum atomic E-state index is -0.528. The van der Waals surface area contributed by atoms with Gasteiger partial charge in [0.15, 0.2) is 0 Å². The summed E-state index contributed by atoms with van der Waals surface area (Å²) in [6.07, 6.45) is 2.11. The summed E-state index contributed by atoms with van der Waals surface area (Å²) in [5, 5.41) is 2.76. The van der Waals surface area contributed by atoms with E-state index in [1.807, 2.05) is 20.8 Å². The maximum atomic E-state index is 12.0. The van der Waals surface area contributed by atoms with Crippen LogP contribution in [0.1, 0.15) is 40.0 Å². The quantitative estimate of drug-likeness (QED) is 0.706. The SMILES string of the molecule is CCC[C@H](N)C(=O)NC(CC(C)C)C(=O)N(C)C. The molecule has 0 rings (SSSR count). The topological polar surface area (TPSA) is 75.4 Å². The van der Waals surface area contributed by atoms with E-state index in [1.165, 1.54) is 4.90 Å². The molecule has 1 unspecified atom stereocenters. The van der Waals surface area contributed by atoms with Gasteiger partial charge in [0.2, 0.25) is 11.8 Å². The molecule has 2 amide bonds. The van der Waals surface area contributed by atoms with Crippen LogP contribution in [0.5, 0.6) is 0 Å². The number of nitrogens with zero attached hydrogens (tertiary/aromatic N) is 1. The van der Waals surface area contributed by atoms with E-state index in [-0.39, 0.29) is 11.8 Å². The molecule has 0 radical (unpaired) electrons. The number of rotatable bonds is 7. The zero-order valence-corrected chi connectivity index (χ0v) is 12.2. The normalized spacial score (nSPS) is 14.2. The van der Waals surface area contributed by atoms with Gasteiger partial charge in [0.1, 0.15) is 6.04 Å². The molecule has 0 fully saturated rings. The molecule has 0 aromatic carbocycles. The minimum absolute atomic E-state index is 0.0826. The number of carbonyl (C=O) groups excluding carboxylic acids is 2. The third kappa shape index (κ3) is 6.00. The highest BCUT2D eigenvalue weighted by Gasteiger charge is 2.25. The number of nitrogens with one attached hydrogen (secondary N) is 1. The van der Waals surface area contributed by atoms with Crippen molar-refractivity contribution < 1.29 is 9.59 Å². The van der Waals surface area contributed by atoms with E-state index in [0.29, 0.717) is 18.8 Å². The van der Waals surface area contributed by atoms with Crippen LogP contribution in [0.3, 0.4) is 0 Å². The average Bonchev–Trinajstić information content (AvgIpc) is 2.26. The Hall–Kier alpha value is -1.10. The molecule has 0 spiro atoms. The van der Waals surface area contributed by atoms with E-state index in [2.05, 4.69) is 5.32 Å². The highest BCUT2D eigenvalue weighted by molar-refractivity contribution is 5.89. The first-order chi connectivity index (χ1) is 8.29. The number of nitrogens with two attached hydrogens (primary N) is 1. The van der Waals surface area contributed by atoms with Gasteiger partial charge in [-0.05, 0) is 18.8 Å². The lowest BCUT2D eigenvalue weighted by atomic mass is 10.0. The molecule has 0 heterocycles. The molecule has 0 saturated carbocycles. The van der Waals surface area contributed by atoms with Crippen molar-refractivity contribution in [3.05, 3.63) is 0 Å². The molecular weight excluding hydrogens is 230 g/mol. The van der Waals surface area contributed by atoms with Crippen LogP contribution in [-0.4, -0.2) is 42.9 Å². The molecule has 5 heteroatoms. The Morgan fingerprint density at radius 3 is 2.22 bits per heavy atom. The van der Waals surface area contributed by atoms with Crippen molar-refractivity contribution in [1.29, 1.82) is 0 Å². The molecule has 0 aromatic heterocycles. The summed E-state index contributed by atoms with van der Waals surface area (Å²) >= 11 is 0. The predicted molar refractivity (Wildman–Crippen MR) is 73.0 cm³/mol. The second-order valence-corrected chi connectivity index (χ2v) is 5.32. The van der Waals surface area contributed by atoms with Crippen LogP contribution in [0.25, 0.3) is 0 Å². The number of amides is 2. The molecule has 106 valence electrons. The Kier molecular flexibility index (Phi) is 7.59. The van der Waals surface area contributed by atoms with Gasteiger partial charge in [-0.25, -0.2) is 0 Å². The van der Waals surface area contributed by atoms with Crippen molar-refractivity contribution in [1.82, 2.24) is 10.2 Å². The molecule has 0 aliphatic carbocycles. The van der Waals surface area contributed by atoms with Crippen molar-refractivity contribution in [2.24, 2.45) is 11.7 Å². The largest absolute Gasteiger partial charge is 0.347 e. The van der Waals surface area contributed by atoms with Crippen LogP contribution in [0.2, 0.25) is 0 Å². The molecule has 5 nitrogen and oxygen atoms in total. The lowest BCUT2D eigenvalue weighted by Crippen LogP contribution is -2.51. The molecule has 3 N–H and O–H groups in total. The van der Waals surface area contributed by atoms with Crippen molar-refractivity contribution >= 4 is 11.8 Å². The zero-order chi connectivity index (χ0) is 14.3. The van der Waals surface area contributed by atoms with Gasteiger partial charge in [0.05, 0.1) is 6.04 Å². The third-order valence-electron chi connectivity index (χ3n) is 2.70. The van der Waals surface area contributed by atoms with Gasteiger partial charge in [-0.3, -0.25) is 9.59 Å². The first-order valence-electron chi connectivity index (χ1n) is 6.56. The fourth-order valence-corrected chi connectivity index (χ4v) is 1.73. The number of likely N-dealkylation sites (N-methyl/N-ethyl adjacent to an activating group) is 1. The number of carbonyl (C=O) groups is 2. The Labute approximate surface area is 110 Å². The maximum absolute atomic E-state index is 12.0. The van der Waals surface area contributed by atoms with Crippen molar-refractivity contribution in [3.8, 4) is 0 Å². The summed E-state index contributed by atoms with van der Waals surface area (Å²) in [7, 11) is 3.38. The second-order valence-electron chi connectivity index (χ2n) is 5.32. The molecule has 0 aliphatic heterocycles. The van der Waals surface area contributed by atoms with Gasteiger partial charge in [-0.2, -0.15) is 0 Å². The summed E-state index contributed by atoms with van der Waals surface area (Å²) < 4.78 is 0. The first-order valence-corrected chi connectivity index (χ1v) is 6.56. The highest BCUT2D eigenvalue weighted by Crippen LogP contribution is 2.07. The smallest absolute Gasteiger partial charge is 0.244 e. The summed E-state index contributed by atoms with van der Waals surface area (Å²) in [6, 6.07) is -1.00. The first kappa shape index (κ1) is 16.9. The van der Waals surface area contributed by atoms with Gasteiger partial charge in [-0.1, -0.05) is 27.2 Å². The summed E-state index contributed by atoms with van der Waals surface area (Å²) in [5.74, 6) is 0.0139. The molecule has 0 aromatic rings. The van der Waals surface area contributed by atoms with Crippen LogP contribution in [-0.2, 0) is 9.59 Å². The molecule has 0 saturated heterocycles. The summed E-state index contributed by atoms with van der Waals surface area (Å²) in [4.78, 5) is 25.3. The monoisotopic (exact) mass is 257 g/mol. The van der Waals surface area contributed by atoms with Crippen LogP contribution in [0.4, 0.5) is 0 Å². The third-order valence-corrected chi connectivity index (χ3v) is 2.70. The summed E-state index contributed by atoms with van der Waals surface area (Å²) in [5.41, 5.74) is 5.75. The second kappa shape index (κ2) is 8.08. The standard InChI is InChI=1S/C13H27N3O2/c1-6-7-10(14)12(17)15-11(8-9(2)3)13(18)16(4)5/h9-11H,6-8,14H2,1-5H3,(H,15,17)/t10-,11?/m0/s1. The van der Waals surface area contributed by atoms with E-state index >= 15 is 0 Å². The molecular formula is C13H27N3O2. The van der Waals surface area contributed by atoms with Crippen LogP contribution < -0.4 is 11.1 Å². The lowest BCUT2D eigenvalue weighted by Gasteiger charge is -2.24. The highest BCUT2D eigenvalue weighted by atomic mass is 16.2. The molecule has 0 aliphatic rings. The van der Waals surface area contributed by atoms with E-state index in [4.69, 9.17) is 5.73 Å². The average molecular weight is 257 g/mol. The Bertz CT molecular complexity index is 277. The van der Waals surface area contributed by atoms with Gasteiger partial charge in [0.25, 0.3) is 0 Å². The van der Waals surface area contributed by atoms with Crippen molar-refractivity contribution in [2.75, 3.05) is 14.1 Å². The lowest BCUT2D eigenvalue weighted by molar-refractivity contribution is -0.135. The van der Waals surface area contributed by atoms with E-state index in [9.17, 15) is 9.59 Å².